The summed E-state index contributed by atoms with van der Waals surface area (Å²) in [5, 5.41) is 19.9. The van der Waals surface area contributed by atoms with Gasteiger partial charge in [-0.2, -0.15) is 4.98 Å². The highest BCUT2D eigenvalue weighted by Gasteiger charge is 2.58. The van der Waals surface area contributed by atoms with Crippen molar-refractivity contribution < 1.29 is 24.3 Å². The molecule has 0 aliphatic carbocycles. The van der Waals surface area contributed by atoms with Gasteiger partial charge >= 0.3 is 17.1 Å². The van der Waals surface area contributed by atoms with Crippen molar-refractivity contribution in [2.24, 2.45) is 18.1 Å². The largest absolute Gasteiger partial charge is 0.480 e. The van der Waals surface area contributed by atoms with Gasteiger partial charge in [-0.15, -0.1) is 23.1 Å². The average Bonchev–Trinajstić information content (AvgIpc) is 3.27. The number of hydrogen-bond acceptors (Lipinski definition) is 13. The van der Waals surface area contributed by atoms with Gasteiger partial charge in [0.1, 0.15) is 30.3 Å². The van der Waals surface area contributed by atoms with Crippen molar-refractivity contribution in [2.45, 2.75) is 22.6 Å². The number of nitrogens with zero attached hydrogens (tertiary/aromatic N) is 5. The number of carboxylic acids is 1. The van der Waals surface area contributed by atoms with E-state index in [2.05, 4.69) is 25.5 Å². The molecule has 18 heteroatoms. The number of aromatic nitrogens is 4. The van der Waals surface area contributed by atoms with Gasteiger partial charge in [-0.05, 0) is 0 Å². The highest BCUT2D eigenvalue weighted by molar-refractivity contribution is 8.00. The molecule has 192 valence electrons. The first-order chi connectivity index (χ1) is 17.1. The Hall–Kier alpha value is -3.38. The molecule has 2 saturated heterocycles. The second-order valence-electron chi connectivity index (χ2n) is 7.67. The lowest BCUT2D eigenvalue weighted by Gasteiger charge is -2.54. The van der Waals surface area contributed by atoms with E-state index in [1.807, 2.05) is 0 Å². The number of carbonyl (C=O) groups is 3. The van der Waals surface area contributed by atoms with E-state index in [1.54, 1.807) is 0 Å². The number of aromatic amines is 1. The van der Waals surface area contributed by atoms with Gasteiger partial charge in [-0.3, -0.25) is 29.0 Å². The summed E-state index contributed by atoms with van der Waals surface area (Å²) < 4.78 is 1.28. The van der Waals surface area contributed by atoms with Crippen LogP contribution < -0.4 is 22.2 Å². The molecule has 5 N–H and O–H groups in total. The van der Waals surface area contributed by atoms with E-state index < -0.39 is 52.3 Å². The van der Waals surface area contributed by atoms with Crippen LogP contribution in [0.5, 0.6) is 0 Å². The number of nitrogen functional groups attached to an aromatic ring is 1. The topological polar surface area (TPSA) is 215 Å². The number of H-pyrrole nitrogens is 1. The molecule has 0 spiro atoms. The van der Waals surface area contributed by atoms with Crippen LogP contribution in [0, 0.1) is 5.92 Å². The number of thiazole rings is 1. The number of carboxylic acid groups (broad SMARTS) is 1. The van der Waals surface area contributed by atoms with Crippen molar-refractivity contribution in [3.63, 3.8) is 0 Å². The number of oxime groups is 1. The SMILES string of the molecule is CO/N=C(\C(=O)N[C@@H]1C(=O)N2C(C(=O)O)C(CSc3nc(=O)c(=O)[nH]n3C)CS[C@H]12)c1csc(N)n1. The number of hydrogen-bond donors (Lipinski definition) is 4. The Morgan fingerprint density at radius 1 is 1.39 bits per heavy atom. The lowest BCUT2D eigenvalue weighted by atomic mass is 9.94. The van der Waals surface area contributed by atoms with Crippen molar-refractivity contribution >= 4 is 63.5 Å². The van der Waals surface area contributed by atoms with Gasteiger partial charge in [0, 0.05) is 29.9 Å². The van der Waals surface area contributed by atoms with Crippen LogP contribution in [0.15, 0.2) is 25.3 Å². The molecule has 4 rings (SSSR count). The first kappa shape index (κ1) is 25.7. The van der Waals surface area contributed by atoms with E-state index in [1.165, 1.54) is 40.9 Å². The summed E-state index contributed by atoms with van der Waals surface area (Å²) in [6.07, 6.45) is 0. The lowest BCUT2D eigenvalue weighted by molar-refractivity contribution is -0.164. The van der Waals surface area contributed by atoms with E-state index in [-0.39, 0.29) is 27.4 Å². The standard InChI is InChI=1S/C18H20N8O7S3/c1-25-18(22-12(28)13(29)23-25)36-4-6-3-34-15-9(14(30)26(15)10(6)16(31)32)21-11(27)8(24-33-2)7-5-35-17(19)20-7/h5-6,9-10,15H,3-4H2,1-2H3,(H2,19,20)(H,21,27)(H,23,29)(H,31,32)/b24-8-/t6?,9-,10?,15-/m1/s1. The minimum Gasteiger partial charge on any atom is -0.480 e. The Balaban J connectivity index is 1.46. The van der Waals surface area contributed by atoms with Gasteiger partial charge in [-0.1, -0.05) is 16.9 Å². The zero-order chi connectivity index (χ0) is 26.1. The number of rotatable bonds is 8. The second kappa shape index (κ2) is 10.3. The summed E-state index contributed by atoms with van der Waals surface area (Å²) in [4.78, 5) is 74.5. The summed E-state index contributed by atoms with van der Waals surface area (Å²) in [5.41, 5.74) is 3.83. The molecule has 0 radical (unpaired) electrons. The number of nitrogens with one attached hydrogen (secondary N) is 2. The molecule has 2 fully saturated rings. The molecule has 0 aromatic carbocycles. The quantitative estimate of drug-likeness (QED) is 0.0924. The van der Waals surface area contributed by atoms with Crippen molar-refractivity contribution in [3.05, 3.63) is 31.8 Å². The Kier molecular flexibility index (Phi) is 7.36. The van der Waals surface area contributed by atoms with E-state index in [0.717, 1.165) is 23.1 Å². The summed E-state index contributed by atoms with van der Waals surface area (Å²) in [7, 11) is 2.76. The molecule has 0 saturated carbocycles. The van der Waals surface area contributed by atoms with Crippen molar-refractivity contribution in [2.75, 3.05) is 24.3 Å². The first-order valence-electron chi connectivity index (χ1n) is 10.2. The molecular formula is C18H20N8O7S3. The maximum absolute atomic E-state index is 12.9. The van der Waals surface area contributed by atoms with Crippen LogP contribution in [0.3, 0.4) is 0 Å². The fourth-order valence-electron chi connectivity index (χ4n) is 3.76. The Morgan fingerprint density at radius 2 is 2.14 bits per heavy atom. The number of aliphatic carboxylic acids is 1. The normalized spacial score (nSPS) is 23.6. The number of β-lactam (4-membered cyclic amide) rings is 1. The summed E-state index contributed by atoms with van der Waals surface area (Å²) in [5.74, 6) is -2.35. The van der Waals surface area contributed by atoms with Gasteiger partial charge in [0.15, 0.2) is 16.0 Å². The predicted octanol–water partition coefficient (Wildman–Crippen LogP) is -1.88. The van der Waals surface area contributed by atoms with Crippen LogP contribution in [0.2, 0.25) is 0 Å². The molecular weight excluding hydrogens is 536 g/mol. The van der Waals surface area contributed by atoms with E-state index in [4.69, 9.17) is 10.6 Å². The van der Waals surface area contributed by atoms with E-state index >= 15 is 0 Å². The van der Waals surface area contributed by atoms with E-state index in [0.29, 0.717) is 5.75 Å². The predicted molar refractivity (Wildman–Crippen MR) is 131 cm³/mol. The highest BCUT2D eigenvalue weighted by atomic mass is 32.2. The van der Waals surface area contributed by atoms with Crippen LogP contribution in [0.1, 0.15) is 5.69 Å². The van der Waals surface area contributed by atoms with Gasteiger partial charge < -0.3 is 25.9 Å². The third kappa shape index (κ3) is 4.82. The third-order valence-electron chi connectivity index (χ3n) is 5.38. The molecule has 2 unspecified atom stereocenters. The number of amides is 2. The number of nitrogens with two attached hydrogens (primary N) is 1. The van der Waals surface area contributed by atoms with Gasteiger partial charge in [0.2, 0.25) is 5.91 Å². The third-order valence-corrected chi connectivity index (χ3v) is 8.74. The highest BCUT2D eigenvalue weighted by Crippen LogP contribution is 2.42. The number of fused-ring (bicyclic) bond motifs is 1. The molecule has 2 aliphatic rings. The van der Waals surface area contributed by atoms with Crippen molar-refractivity contribution in [1.29, 1.82) is 0 Å². The van der Waals surface area contributed by atoms with Crippen molar-refractivity contribution in [1.82, 2.24) is 30.0 Å². The number of aryl methyl sites for hydroxylation is 1. The van der Waals surface area contributed by atoms with Crippen LogP contribution >= 0.6 is 34.9 Å². The smallest absolute Gasteiger partial charge is 0.339 e. The average molecular weight is 557 g/mol. The molecule has 15 nitrogen and oxygen atoms in total. The summed E-state index contributed by atoms with van der Waals surface area (Å²) >= 11 is 3.53. The minimum absolute atomic E-state index is 0.166. The molecule has 2 aliphatic heterocycles. The van der Waals surface area contributed by atoms with Crippen LogP contribution in [0.25, 0.3) is 0 Å². The Labute approximate surface area is 214 Å². The van der Waals surface area contributed by atoms with Crippen LogP contribution in [-0.2, 0) is 26.3 Å². The van der Waals surface area contributed by atoms with Gasteiger partial charge in [0.05, 0.1) is 0 Å². The number of thioether (sulfide) groups is 2. The van der Waals surface area contributed by atoms with Crippen LogP contribution in [-0.4, -0.2) is 89.3 Å². The molecule has 2 aromatic heterocycles. The second-order valence-corrected chi connectivity index (χ2v) is 10.7. The van der Waals surface area contributed by atoms with Gasteiger partial charge in [-0.25, -0.2) is 9.78 Å². The molecule has 36 heavy (non-hydrogen) atoms. The maximum Gasteiger partial charge on any atom is 0.339 e. The zero-order valence-corrected chi connectivity index (χ0v) is 21.2. The Bertz CT molecular complexity index is 1350. The first-order valence-corrected chi connectivity index (χ1v) is 13.1. The fourth-order valence-corrected chi connectivity index (χ4v) is 7.03. The maximum atomic E-state index is 12.9. The molecule has 0 bridgehead atoms. The zero-order valence-electron chi connectivity index (χ0n) is 18.7. The Morgan fingerprint density at radius 3 is 2.78 bits per heavy atom. The van der Waals surface area contributed by atoms with Crippen LogP contribution in [0.4, 0.5) is 5.13 Å². The van der Waals surface area contributed by atoms with E-state index in [9.17, 15) is 29.1 Å². The monoisotopic (exact) mass is 556 g/mol. The fraction of sp³-hybridized carbons (Fsp3) is 0.444. The lowest BCUT2D eigenvalue weighted by Crippen LogP contribution is -2.76. The minimum atomic E-state index is -1.19. The number of carbonyl (C=O) groups excluding carboxylic acids is 2. The molecule has 4 atom stereocenters. The molecule has 4 heterocycles. The van der Waals surface area contributed by atoms with Gasteiger partial charge in [0.25, 0.3) is 5.91 Å². The summed E-state index contributed by atoms with van der Waals surface area (Å²) in [6, 6.07) is -2.10. The molecule has 2 amide bonds. The number of anilines is 1. The summed E-state index contributed by atoms with van der Waals surface area (Å²) in [6.45, 7) is 0. The molecule has 2 aromatic rings. The van der Waals surface area contributed by atoms with Crippen molar-refractivity contribution in [3.8, 4) is 0 Å².